The summed E-state index contributed by atoms with van der Waals surface area (Å²) in [5.41, 5.74) is 8.57. The molecule has 1 aromatic rings. The summed E-state index contributed by atoms with van der Waals surface area (Å²) in [4.78, 5) is 4.52. The minimum atomic E-state index is 0.887. The number of unbranched alkanes of at least 4 members (excludes halogenated alkanes) is 2. The van der Waals surface area contributed by atoms with Gasteiger partial charge in [0.25, 0.3) is 0 Å². The van der Waals surface area contributed by atoms with E-state index in [2.05, 4.69) is 34.9 Å². The number of para-hydroxylation sites is 1. The maximum Gasteiger partial charge on any atom is 0.139 e. The van der Waals surface area contributed by atoms with E-state index in [1.54, 1.807) is 0 Å². The zero-order valence-electron chi connectivity index (χ0n) is 10.2. The number of nitrogens with zero attached hydrogens (tertiary/aromatic N) is 1. The number of hydrazine groups is 1. The Kier molecular flexibility index (Phi) is 4.19. The van der Waals surface area contributed by atoms with Crippen molar-refractivity contribution in [3.05, 3.63) is 35.9 Å². The van der Waals surface area contributed by atoms with Crippen molar-refractivity contribution in [1.29, 1.82) is 0 Å². The molecular weight excluding hydrogens is 210 g/mol. The predicted octanol–water partition coefficient (Wildman–Crippen LogP) is 3.22. The van der Waals surface area contributed by atoms with Gasteiger partial charge in [0, 0.05) is 6.54 Å². The first kappa shape index (κ1) is 11.7. The monoisotopic (exact) mass is 229 g/mol. The number of hydrogen-bond donors (Lipinski definition) is 2. The Morgan fingerprint density at radius 1 is 1.06 bits per heavy atom. The van der Waals surface area contributed by atoms with Gasteiger partial charge < -0.3 is 0 Å². The molecule has 1 aliphatic heterocycles. The standard InChI is InChI=1S/C14H19N3/c1-2-3-6-11-15-14-10-9-12-7-4-5-8-13(12)16-17-14/h4-5,7-10,16H,2-3,6,11H2,1H3,(H,15,17). The van der Waals surface area contributed by atoms with E-state index in [0.717, 1.165) is 24.5 Å². The predicted molar refractivity (Wildman–Crippen MR) is 74.1 cm³/mol. The van der Waals surface area contributed by atoms with Crippen LogP contribution in [-0.2, 0) is 0 Å². The first-order valence-corrected chi connectivity index (χ1v) is 6.23. The fourth-order valence-electron chi connectivity index (χ4n) is 1.75. The molecule has 0 atom stereocenters. The van der Waals surface area contributed by atoms with Gasteiger partial charge in [0.2, 0.25) is 0 Å². The molecule has 2 N–H and O–H groups in total. The van der Waals surface area contributed by atoms with Crippen LogP contribution in [0.3, 0.4) is 0 Å². The molecule has 0 saturated carbocycles. The summed E-state index contributed by atoms with van der Waals surface area (Å²) < 4.78 is 0. The second-order valence-electron chi connectivity index (χ2n) is 4.14. The second kappa shape index (κ2) is 6.09. The van der Waals surface area contributed by atoms with Gasteiger partial charge in [-0.25, -0.2) is 0 Å². The summed E-state index contributed by atoms with van der Waals surface area (Å²) in [6.07, 6.45) is 7.74. The molecule has 0 aromatic heterocycles. The highest BCUT2D eigenvalue weighted by atomic mass is 15.4. The molecule has 1 aliphatic rings. The molecule has 0 bridgehead atoms. The number of rotatable bonds is 4. The fourth-order valence-corrected chi connectivity index (χ4v) is 1.75. The number of benzene rings is 1. The zero-order chi connectivity index (χ0) is 11.9. The fraction of sp³-hybridized carbons (Fsp3) is 0.357. The second-order valence-corrected chi connectivity index (χ2v) is 4.14. The van der Waals surface area contributed by atoms with E-state index < -0.39 is 0 Å². The Morgan fingerprint density at radius 2 is 1.94 bits per heavy atom. The summed E-state index contributed by atoms with van der Waals surface area (Å²) in [5, 5.41) is 0. The van der Waals surface area contributed by atoms with Crippen molar-refractivity contribution in [1.82, 2.24) is 5.43 Å². The molecule has 1 heterocycles. The van der Waals surface area contributed by atoms with E-state index in [9.17, 15) is 0 Å². The Labute approximate surface area is 103 Å². The van der Waals surface area contributed by atoms with Gasteiger partial charge in [0.15, 0.2) is 0 Å². The number of anilines is 1. The first-order chi connectivity index (χ1) is 8.40. The Hall–Kier alpha value is -1.77. The van der Waals surface area contributed by atoms with Gasteiger partial charge in [-0.05, 0) is 30.2 Å². The van der Waals surface area contributed by atoms with E-state index in [4.69, 9.17) is 0 Å². The number of amidine groups is 1. The van der Waals surface area contributed by atoms with E-state index in [0.29, 0.717) is 0 Å². The van der Waals surface area contributed by atoms with Crippen molar-refractivity contribution in [2.45, 2.75) is 26.2 Å². The number of aliphatic imine (C=N–C) groups is 1. The van der Waals surface area contributed by atoms with Gasteiger partial charge in [0.05, 0.1) is 5.69 Å². The lowest BCUT2D eigenvalue weighted by Gasteiger charge is -2.08. The van der Waals surface area contributed by atoms with Crippen LogP contribution in [0.1, 0.15) is 31.7 Å². The van der Waals surface area contributed by atoms with Crippen LogP contribution in [0.4, 0.5) is 5.69 Å². The molecule has 2 rings (SSSR count). The lowest BCUT2D eigenvalue weighted by Crippen LogP contribution is -2.27. The molecule has 0 aliphatic carbocycles. The Balaban J connectivity index is 1.98. The molecule has 0 amide bonds. The maximum atomic E-state index is 4.52. The lowest BCUT2D eigenvalue weighted by molar-refractivity contribution is 0.727. The Morgan fingerprint density at radius 3 is 2.82 bits per heavy atom. The molecule has 3 heteroatoms. The Bertz CT molecular complexity index is 421. The number of nitrogens with one attached hydrogen (secondary N) is 2. The average Bonchev–Trinajstić information content (AvgIpc) is 2.58. The van der Waals surface area contributed by atoms with Crippen LogP contribution in [0.15, 0.2) is 35.3 Å². The van der Waals surface area contributed by atoms with Gasteiger partial charge in [-0.1, -0.05) is 38.0 Å². The highest BCUT2D eigenvalue weighted by Gasteiger charge is 2.03. The largest absolute Gasteiger partial charge is 0.299 e. The third kappa shape index (κ3) is 3.34. The molecule has 17 heavy (non-hydrogen) atoms. The van der Waals surface area contributed by atoms with Crippen LogP contribution in [0, 0.1) is 0 Å². The highest BCUT2D eigenvalue weighted by molar-refractivity contribution is 5.99. The normalized spacial score (nSPS) is 15.9. The first-order valence-electron chi connectivity index (χ1n) is 6.23. The summed E-state index contributed by atoms with van der Waals surface area (Å²) in [5.74, 6) is 0.900. The van der Waals surface area contributed by atoms with Gasteiger partial charge >= 0.3 is 0 Å². The topological polar surface area (TPSA) is 36.4 Å². The van der Waals surface area contributed by atoms with Crippen molar-refractivity contribution >= 4 is 17.6 Å². The number of hydrogen-bond acceptors (Lipinski definition) is 2. The van der Waals surface area contributed by atoms with E-state index in [1.165, 1.54) is 18.4 Å². The molecule has 0 fully saturated rings. The van der Waals surface area contributed by atoms with Crippen LogP contribution in [0.5, 0.6) is 0 Å². The van der Waals surface area contributed by atoms with E-state index in [-0.39, 0.29) is 0 Å². The van der Waals surface area contributed by atoms with Crippen molar-refractivity contribution in [2.24, 2.45) is 4.99 Å². The van der Waals surface area contributed by atoms with Crippen LogP contribution in [0.2, 0.25) is 0 Å². The molecule has 0 unspecified atom stereocenters. The summed E-state index contributed by atoms with van der Waals surface area (Å²) in [6, 6.07) is 8.19. The molecule has 0 radical (unpaired) electrons. The van der Waals surface area contributed by atoms with Crippen LogP contribution < -0.4 is 10.9 Å². The number of fused-ring (bicyclic) bond motifs is 1. The minimum absolute atomic E-state index is 0.887. The lowest BCUT2D eigenvalue weighted by atomic mass is 10.2. The van der Waals surface area contributed by atoms with Crippen molar-refractivity contribution in [3.63, 3.8) is 0 Å². The molecular formula is C14H19N3. The van der Waals surface area contributed by atoms with Gasteiger partial charge in [-0.15, -0.1) is 0 Å². The molecule has 0 spiro atoms. The third-order valence-electron chi connectivity index (χ3n) is 2.75. The molecule has 0 saturated heterocycles. The van der Waals surface area contributed by atoms with Crippen molar-refractivity contribution in [2.75, 3.05) is 12.0 Å². The smallest absolute Gasteiger partial charge is 0.139 e. The third-order valence-corrected chi connectivity index (χ3v) is 2.75. The van der Waals surface area contributed by atoms with E-state index in [1.807, 2.05) is 24.3 Å². The quantitative estimate of drug-likeness (QED) is 0.778. The molecule has 3 nitrogen and oxygen atoms in total. The van der Waals surface area contributed by atoms with Crippen LogP contribution in [-0.4, -0.2) is 12.4 Å². The molecule has 90 valence electrons. The zero-order valence-corrected chi connectivity index (χ0v) is 10.2. The van der Waals surface area contributed by atoms with Crippen LogP contribution >= 0.6 is 0 Å². The maximum absolute atomic E-state index is 4.52. The SMILES string of the molecule is CCCCCN=C1C=Cc2ccccc2NN1. The summed E-state index contributed by atoms with van der Waals surface area (Å²) >= 11 is 0. The van der Waals surface area contributed by atoms with E-state index >= 15 is 0 Å². The summed E-state index contributed by atoms with van der Waals surface area (Å²) in [7, 11) is 0. The average molecular weight is 229 g/mol. The van der Waals surface area contributed by atoms with Gasteiger partial charge in [-0.3, -0.25) is 15.8 Å². The van der Waals surface area contributed by atoms with Crippen molar-refractivity contribution in [3.8, 4) is 0 Å². The molecule has 1 aromatic carbocycles. The van der Waals surface area contributed by atoms with Gasteiger partial charge in [0.1, 0.15) is 5.84 Å². The van der Waals surface area contributed by atoms with Gasteiger partial charge in [-0.2, -0.15) is 0 Å². The minimum Gasteiger partial charge on any atom is -0.299 e. The summed E-state index contributed by atoms with van der Waals surface area (Å²) in [6.45, 7) is 3.09. The van der Waals surface area contributed by atoms with Crippen molar-refractivity contribution < 1.29 is 0 Å². The van der Waals surface area contributed by atoms with Crippen LogP contribution in [0.25, 0.3) is 6.08 Å². The highest BCUT2D eigenvalue weighted by Crippen LogP contribution is 2.17.